The van der Waals surface area contributed by atoms with Gasteiger partial charge in [0.2, 0.25) is 0 Å². The Hall–Kier alpha value is -2.47. The number of carbonyl (C=O) groups excluding carboxylic acids is 2. The summed E-state index contributed by atoms with van der Waals surface area (Å²) in [5.41, 5.74) is 4.01. The molecular weight excluding hydrogens is 310 g/mol. The van der Waals surface area contributed by atoms with Crippen molar-refractivity contribution < 1.29 is 9.59 Å². The molecule has 1 aromatic carbocycles. The zero-order valence-corrected chi connectivity index (χ0v) is 13.7. The molecule has 120 valence electrons. The summed E-state index contributed by atoms with van der Waals surface area (Å²) in [4.78, 5) is 24.3. The van der Waals surface area contributed by atoms with Crippen LogP contribution in [0.15, 0.2) is 46.9 Å². The second-order valence-corrected chi connectivity index (χ2v) is 5.95. The summed E-state index contributed by atoms with van der Waals surface area (Å²) in [7, 11) is 0. The lowest BCUT2D eigenvalue weighted by Gasteiger charge is -2.05. The van der Waals surface area contributed by atoms with Crippen molar-refractivity contribution in [2.24, 2.45) is 5.10 Å². The Kier molecular flexibility index (Phi) is 6.50. The number of nitrogens with zero attached hydrogens (tertiary/aromatic N) is 1. The van der Waals surface area contributed by atoms with Crippen LogP contribution in [0.3, 0.4) is 0 Å². The van der Waals surface area contributed by atoms with Crippen molar-refractivity contribution >= 4 is 35.1 Å². The second kappa shape index (κ2) is 8.85. The number of unbranched alkanes of at least 4 members (excludes halogenated alkanes) is 1. The molecule has 0 spiro atoms. The third kappa shape index (κ3) is 5.67. The van der Waals surface area contributed by atoms with Crippen molar-refractivity contribution in [3.63, 3.8) is 0 Å². The fourth-order valence-corrected chi connectivity index (χ4v) is 2.48. The summed E-state index contributed by atoms with van der Waals surface area (Å²) in [5, 5.41) is 8.20. The maximum atomic E-state index is 11.8. The van der Waals surface area contributed by atoms with E-state index in [1.54, 1.807) is 12.1 Å². The Morgan fingerprint density at radius 1 is 1.17 bits per heavy atom. The van der Waals surface area contributed by atoms with Crippen LogP contribution in [-0.4, -0.2) is 18.0 Å². The Morgan fingerprint density at radius 3 is 2.61 bits per heavy atom. The number of hydrogen-bond acceptors (Lipinski definition) is 4. The summed E-state index contributed by atoms with van der Waals surface area (Å²) in [6.45, 7) is 2.15. The predicted molar refractivity (Wildman–Crippen MR) is 93.7 cm³/mol. The molecule has 1 aromatic heterocycles. The van der Waals surface area contributed by atoms with Crippen molar-refractivity contribution in [2.75, 3.05) is 5.32 Å². The first-order valence-corrected chi connectivity index (χ1v) is 8.34. The van der Waals surface area contributed by atoms with E-state index in [2.05, 4.69) is 22.8 Å². The number of hydrogen-bond donors (Lipinski definition) is 2. The van der Waals surface area contributed by atoms with Crippen LogP contribution in [-0.2, 0) is 16.0 Å². The number of benzene rings is 1. The minimum atomic E-state index is -0.798. The maximum absolute atomic E-state index is 11.8. The van der Waals surface area contributed by atoms with Crippen molar-refractivity contribution in [3.8, 4) is 0 Å². The molecule has 0 saturated heterocycles. The van der Waals surface area contributed by atoms with Crippen molar-refractivity contribution in [3.05, 3.63) is 52.2 Å². The molecule has 0 bridgehead atoms. The summed E-state index contributed by atoms with van der Waals surface area (Å²) < 4.78 is 0. The highest BCUT2D eigenvalue weighted by molar-refractivity contribution is 7.11. The molecule has 0 radical (unpaired) electrons. The number of aryl methyl sites for hydroxylation is 1. The van der Waals surface area contributed by atoms with Gasteiger partial charge in [0.25, 0.3) is 0 Å². The molecule has 2 N–H and O–H groups in total. The van der Waals surface area contributed by atoms with Gasteiger partial charge in [0.15, 0.2) is 0 Å². The Labute approximate surface area is 139 Å². The van der Waals surface area contributed by atoms with Gasteiger partial charge in [-0.05, 0) is 42.0 Å². The van der Waals surface area contributed by atoms with Gasteiger partial charge in [0.1, 0.15) is 0 Å². The number of thiophene rings is 1. The lowest BCUT2D eigenvalue weighted by Crippen LogP contribution is -2.32. The Balaban J connectivity index is 1.82. The first-order chi connectivity index (χ1) is 11.2. The van der Waals surface area contributed by atoms with E-state index >= 15 is 0 Å². The van der Waals surface area contributed by atoms with Gasteiger partial charge in [-0.25, -0.2) is 5.43 Å². The number of carbonyl (C=O) groups is 2. The van der Waals surface area contributed by atoms with Gasteiger partial charge in [-0.2, -0.15) is 5.10 Å². The van der Waals surface area contributed by atoms with Crippen molar-refractivity contribution in [2.45, 2.75) is 26.2 Å². The summed E-state index contributed by atoms with van der Waals surface area (Å²) >= 11 is 1.49. The third-order valence-corrected chi connectivity index (χ3v) is 3.94. The van der Waals surface area contributed by atoms with Crippen molar-refractivity contribution in [1.29, 1.82) is 0 Å². The molecule has 2 rings (SSSR count). The molecule has 0 aliphatic carbocycles. The van der Waals surface area contributed by atoms with Crippen LogP contribution >= 0.6 is 11.3 Å². The SMILES string of the molecule is CCCCc1ccc(NC(=O)C(=O)N/N=C\c2cccs2)cc1. The average Bonchev–Trinajstić information content (AvgIpc) is 3.07. The number of hydrazone groups is 1. The molecule has 5 nitrogen and oxygen atoms in total. The van der Waals surface area contributed by atoms with Gasteiger partial charge in [0.05, 0.1) is 6.21 Å². The van der Waals surface area contributed by atoms with Crippen molar-refractivity contribution in [1.82, 2.24) is 5.43 Å². The molecule has 0 saturated carbocycles. The van der Waals surface area contributed by atoms with Crippen LogP contribution in [0, 0.1) is 0 Å². The monoisotopic (exact) mass is 329 g/mol. The van der Waals surface area contributed by atoms with Crippen LogP contribution in [0.1, 0.15) is 30.2 Å². The zero-order chi connectivity index (χ0) is 16.5. The maximum Gasteiger partial charge on any atom is 0.329 e. The fraction of sp³-hybridized carbons (Fsp3) is 0.235. The zero-order valence-electron chi connectivity index (χ0n) is 12.9. The highest BCUT2D eigenvalue weighted by Gasteiger charge is 2.12. The normalized spacial score (nSPS) is 10.7. The molecule has 2 amide bonds. The molecule has 1 heterocycles. The molecule has 23 heavy (non-hydrogen) atoms. The largest absolute Gasteiger partial charge is 0.329 e. The topological polar surface area (TPSA) is 70.6 Å². The summed E-state index contributed by atoms with van der Waals surface area (Å²) in [6, 6.07) is 11.2. The molecular formula is C17H19N3O2S. The predicted octanol–water partition coefficient (Wildman–Crippen LogP) is 3.18. The summed E-state index contributed by atoms with van der Waals surface area (Å²) in [6.07, 6.45) is 4.79. The smallest absolute Gasteiger partial charge is 0.318 e. The molecule has 0 aliphatic rings. The van der Waals surface area contributed by atoms with E-state index in [4.69, 9.17) is 0 Å². The molecule has 6 heteroatoms. The van der Waals surface area contributed by atoms with Gasteiger partial charge in [-0.15, -0.1) is 11.3 Å². The van der Waals surface area contributed by atoms with Gasteiger partial charge in [-0.1, -0.05) is 31.5 Å². The number of anilines is 1. The van der Waals surface area contributed by atoms with E-state index < -0.39 is 11.8 Å². The molecule has 0 fully saturated rings. The quantitative estimate of drug-likeness (QED) is 0.485. The van der Waals surface area contributed by atoms with Crippen LogP contribution in [0.2, 0.25) is 0 Å². The van der Waals surface area contributed by atoms with E-state index in [0.717, 1.165) is 24.1 Å². The van der Waals surface area contributed by atoms with E-state index in [-0.39, 0.29) is 0 Å². The average molecular weight is 329 g/mol. The van der Waals surface area contributed by atoms with Gasteiger partial charge < -0.3 is 5.32 Å². The standard InChI is InChI=1S/C17H19N3O2S/c1-2-3-5-13-7-9-14(10-8-13)19-16(21)17(22)20-18-12-15-6-4-11-23-15/h4,6-12H,2-3,5H2,1H3,(H,19,21)(H,20,22)/b18-12-. The minimum Gasteiger partial charge on any atom is -0.318 e. The fourth-order valence-electron chi connectivity index (χ4n) is 1.89. The van der Waals surface area contributed by atoms with E-state index in [1.807, 2.05) is 29.6 Å². The lowest BCUT2D eigenvalue weighted by atomic mass is 10.1. The van der Waals surface area contributed by atoms with Crippen LogP contribution in [0.5, 0.6) is 0 Å². The van der Waals surface area contributed by atoms with Gasteiger partial charge in [-0.3, -0.25) is 9.59 Å². The lowest BCUT2D eigenvalue weighted by molar-refractivity contribution is -0.136. The van der Waals surface area contributed by atoms with Crippen LogP contribution in [0.4, 0.5) is 5.69 Å². The van der Waals surface area contributed by atoms with E-state index in [9.17, 15) is 9.59 Å². The molecule has 2 aromatic rings. The number of amides is 2. The van der Waals surface area contributed by atoms with E-state index in [1.165, 1.54) is 23.1 Å². The Morgan fingerprint density at radius 2 is 1.96 bits per heavy atom. The number of nitrogens with one attached hydrogen (secondary N) is 2. The summed E-state index contributed by atoms with van der Waals surface area (Å²) in [5.74, 6) is -1.54. The first kappa shape index (κ1) is 16.9. The molecule has 0 aliphatic heterocycles. The van der Waals surface area contributed by atoms with Gasteiger partial charge >= 0.3 is 11.8 Å². The first-order valence-electron chi connectivity index (χ1n) is 7.46. The van der Waals surface area contributed by atoms with Crippen LogP contribution in [0.25, 0.3) is 0 Å². The van der Waals surface area contributed by atoms with Crippen LogP contribution < -0.4 is 10.7 Å². The highest BCUT2D eigenvalue weighted by Crippen LogP contribution is 2.11. The highest BCUT2D eigenvalue weighted by atomic mass is 32.1. The van der Waals surface area contributed by atoms with Gasteiger partial charge in [0, 0.05) is 10.6 Å². The number of rotatable bonds is 6. The van der Waals surface area contributed by atoms with E-state index in [0.29, 0.717) is 5.69 Å². The minimum absolute atomic E-state index is 0.590. The third-order valence-electron chi connectivity index (χ3n) is 3.14. The molecule has 0 unspecified atom stereocenters. The second-order valence-electron chi connectivity index (χ2n) is 4.97. The Bertz CT molecular complexity index is 664. The molecule has 0 atom stereocenters.